The third kappa shape index (κ3) is 3.29. The number of carbonyl (C=O) groups excluding carboxylic acids is 4. The minimum atomic E-state index is -2.12. The number of nitrogens with zero attached hydrogens (tertiary/aromatic N) is 3. The van der Waals surface area contributed by atoms with Gasteiger partial charge >= 0.3 is 5.91 Å². The molecule has 2 aromatic carbocycles. The van der Waals surface area contributed by atoms with Crippen LogP contribution in [-0.2, 0) is 19.2 Å². The van der Waals surface area contributed by atoms with Gasteiger partial charge in [0.15, 0.2) is 5.92 Å². The smallest absolute Gasteiger partial charge is 0.302 e. The number of amides is 3. The number of para-hydroxylation sites is 4. The summed E-state index contributed by atoms with van der Waals surface area (Å²) in [6.45, 7) is 0. The van der Waals surface area contributed by atoms with Gasteiger partial charge in [-0.1, -0.05) is 24.3 Å². The molecule has 12 nitrogen and oxygen atoms in total. The molecular weight excluding hydrogens is 388 g/mol. The summed E-state index contributed by atoms with van der Waals surface area (Å²) in [6.07, 6.45) is 0. The van der Waals surface area contributed by atoms with Crippen molar-refractivity contribution < 1.29 is 29.0 Å². The lowest BCUT2D eigenvalue weighted by Crippen LogP contribution is -2.35. The molecule has 0 radical (unpaired) electrons. The Balaban J connectivity index is 1.95. The second kappa shape index (κ2) is 7.26. The van der Waals surface area contributed by atoms with Crippen molar-refractivity contribution in [2.75, 3.05) is 10.2 Å². The standard InChI is InChI=1S/C17H10N4O8/c22-14-13(15(23)18-9-5-1-2-6-10(9)20(26)27)16(24)19(17(14)25)11-7-3-4-8-12(11)21(28)29/h1-8,13H,(H,18,23)/t13-/m1/s1. The van der Waals surface area contributed by atoms with Gasteiger partial charge in [0.2, 0.25) is 11.7 Å². The Labute approximate surface area is 161 Å². The molecule has 29 heavy (non-hydrogen) atoms. The maximum atomic E-state index is 12.6. The SMILES string of the molecule is O=C(Nc1ccccc1[N+](=O)[O-])[C@H]1C(=O)C(=O)N(c2ccccc2[N+](=O)[O-])C1=O. The molecule has 0 aliphatic carbocycles. The van der Waals surface area contributed by atoms with Gasteiger partial charge < -0.3 is 5.32 Å². The molecule has 0 saturated carbocycles. The minimum absolute atomic E-state index is 0.268. The number of hydrogen-bond acceptors (Lipinski definition) is 8. The molecule has 0 aromatic heterocycles. The molecule has 146 valence electrons. The summed E-state index contributed by atoms with van der Waals surface area (Å²) in [7, 11) is 0. The van der Waals surface area contributed by atoms with E-state index in [2.05, 4.69) is 5.32 Å². The monoisotopic (exact) mass is 398 g/mol. The Morgan fingerprint density at radius 2 is 1.45 bits per heavy atom. The molecule has 1 N–H and O–H groups in total. The van der Waals surface area contributed by atoms with Gasteiger partial charge in [-0.3, -0.25) is 39.4 Å². The summed E-state index contributed by atoms with van der Waals surface area (Å²) in [4.78, 5) is 70.5. The normalized spacial score (nSPS) is 16.1. The molecule has 1 aliphatic rings. The van der Waals surface area contributed by atoms with Gasteiger partial charge in [0.1, 0.15) is 11.4 Å². The molecule has 1 atom stereocenters. The van der Waals surface area contributed by atoms with Crippen molar-refractivity contribution in [3.63, 3.8) is 0 Å². The lowest BCUT2D eigenvalue weighted by Gasteiger charge is -2.14. The number of imide groups is 1. The fourth-order valence-corrected chi connectivity index (χ4v) is 2.79. The van der Waals surface area contributed by atoms with Crippen LogP contribution in [0.1, 0.15) is 0 Å². The maximum Gasteiger partial charge on any atom is 0.302 e. The average Bonchev–Trinajstić information content (AvgIpc) is 2.90. The van der Waals surface area contributed by atoms with E-state index in [1.54, 1.807) is 0 Å². The Kier molecular flexibility index (Phi) is 4.83. The number of benzene rings is 2. The molecule has 3 rings (SSSR count). The zero-order valence-corrected chi connectivity index (χ0v) is 14.3. The van der Waals surface area contributed by atoms with Crippen LogP contribution in [0.4, 0.5) is 22.7 Å². The fraction of sp³-hybridized carbons (Fsp3) is 0.0588. The molecule has 1 saturated heterocycles. The highest BCUT2D eigenvalue weighted by atomic mass is 16.6. The number of nitrogens with one attached hydrogen (secondary N) is 1. The Morgan fingerprint density at radius 1 is 0.897 bits per heavy atom. The molecule has 1 heterocycles. The van der Waals surface area contributed by atoms with Crippen LogP contribution >= 0.6 is 0 Å². The molecule has 12 heteroatoms. The minimum Gasteiger partial charge on any atom is -0.319 e. The zero-order chi connectivity index (χ0) is 21.3. The largest absolute Gasteiger partial charge is 0.319 e. The number of carbonyl (C=O) groups is 4. The molecule has 2 aromatic rings. The topological polar surface area (TPSA) is 170 Å². The lowest BCUT2D eigenvalue weighted by atomic mass is 10.1. The van der Waals surface area contributed by atoms with E-state index in [1.807, 2.05) is 0 Å². The Bertz CT molecular complexity index is 1100. The summed E-state index contributed by atoms with van der Waals surface area (Å²) in [5.41, 5.74) is -1.83. The molecule has 1 fully saturated rings. The van der Waals surface area contributed by atoms with E-state index < -0.39 is 56.3 Å². The predicted octanol–water partition coefficient (Wildman–Crippen LogP) is 1.20. The van der Waals surface area contributed by atoms with E-state index in [0.29, 0.717) is 0 Å². The van der Waals surface area contributed by atoms with Crippen molar-refractivity contribution in [1.29, 1.82) is 0 Å². The van der Waals surface area contributed by atoms with Crippen molar-refractivity contribution in [3.8, 4) is 0 Å². The molecule has 0 spiro atoms. The highest BCUT2D eigenvalue weighted by Gasteiger charge is 2.53. The van der Waals surface area contributed by atoms with Gasteiger partial charge in [0.25, 0.3) is 17.3 Å². The fourth-order valence-electron chi connectivity index (χ4n) is 2.79. The van der Waals surface area contributed by atoms with Crippen LogP contribution in [0, 0.1) is 26.1 Å². The van der Waals surface area contributed by atoms with E-state index in [0.717, 1.165) is 18.2 Å². The molecule has 0 unspecified atom stereocenters. The summed E-state index contributed by atoms with van der Waals surface area (Å²) in [5, 5.41) is 24.3. The van der Waals surface area contributed by atoms with E-state index in [9.17, 15) is 39.4 Å². The lowest BCUT2D eigenvalue weighted by molar-refractivity contribution is -0.384. The third-order valence-electron chi connectivity index (χ3n) is 4.08. The number of hydrogen-bond donors (Lipinski definition) is 1. The maximum absolute atomic E-state index is 12.6. The third-order valence-corrected chi connectivity index (χ3v) is 4.08. The van der Waals surface area contributed by atoms with Crippen LogP contribution in [-0.4, -0.2) is 33.4 Å². The summed E-state index contributed by atoms with van der Waals surface area (Å²) in [5.74, 6) is -7.48. The predicted molar refractivity (Wildman–Crippen MR) is 95.8 cm³/mol. The van der Waals surface area contributed by atoms with Gasteiger partial charge in [-0.2, -0.15) is 0 Å². The van der Waals surface area contributed by atoms with Crippen molar-refractivity contribution in [3.05, 3.63) is 68.8 Å². The van der Waals surface area contributed by atoms with Gasteiger partial charge in [-0.25, -0.2) is 4.90 Å². The molecule has 1 aliphatic heterocycles. The second-order valence-corrected chi connectivity index (χ2v) is 5.79. The quantitative estimate of drug-likeness (QED) is 0.257. The Morgan fingerprint density at radius 3 is 2.07 bits per heavy atom. The van der Waals surface area contributed by atoms with Crippen LogP contribution in [0.25, 0.3) is 0 Å². The van der Waals surface area contributed by atoms with Crippen LogP contribution in [0.2, 0.25) is 0 Å². The summed E-state index contributed by atoms with van der Waals surface area (Å²) in [6, 6.07) is 9.73. The summed E-state index contributed by atoms with van der Waals surface area (Å²) >= 11 is 0. The van der Waals surface area contributed by atoms with Crippen LogP contribution in [0.3, 0.4) is 0 Å². The van der Waals surface area contributed by atoms with Gasteiger partial charge in [0.05, 0.1) is 9.85 Å². The number of nitro groups is 2. The molecular formula is C17H10N4O8. The van der Waals surface area contributed by atoms with Crippen molar-refractivity contribution in [2.45, 2.75) is 0 Å². The zero-order valence-electron chi connectivity index (χ0n) is 14.3. The van der Waals surface area contributed by atoms with Gasteiger partial charge in [-0.15, -0.1) is 0 Å². The highest BCUT2D eigenvalue weighted by molar-refractivity contribution is 6.60. The second-order valence-electron chi connectivity index (χ2n) is 5.79. The van der Waals surface area contributed by atoms with Crippen molar-refractivity contribution >= 4 is 46.3 Å². The van der Waals surface area contributed by atoms with E-state index >= 15 is 0 Å². The van der Waals surface area contributed by atoms with Crippen molar-refractivity contribution in [1.82, 2.24) is 0 Å². The van der Waals surface area contributed by atoms with Crippen LogP contribution < -0.4 is 10.2 Å². The first-order valence-electron chi connectivity index (χ1n) is 7.94. The van der Waals surface area contributed by atoms with Crippen molar-refractivity contribution in [2.24, 2.45) is 5.92 Å². The van der Waals surface area contributed by atoms with Crippen LogP contribution in [0.15, 0.2) is 48.5 Å². The molecule has 0 bridgehead atoms. The average molecular weight is 398 g/mol. The first-order valence-corrected chi connectivity index (χ1v) is 7.94. The Hall–Kier alpha value is -4.48. The van der Waals surface area contributed by atoms with Crippen LogP contribution in [0.5, 0.6) is 0 Å². The van der Waals surface area contributed by atoms with E-state index in [1.165, 1.54) is 30.3 Å². The number of anilines is 2. The number of nitro benzene ring substituents is 2. The number of rotatable bonds is 5. The molecule has 3 amide bonds. The summed E-state index contributed by atoms with van der Waals surface area (Å²) < 4.78 is 0. The number of Topliss-reactive ketones (excluding diaryl/α,β-unsaturated/α-hetero) is 1. The number of ketones is 1. The van der Waals surface area contributed by atoms with E-state index in [-0.39, 0.29) is 10.6 Å². The van der Waals surface area contributed by atoms with E-state index in [4.69, 9.17) is 0 Å². The first-order chi connectivity index (χ1) is 13.7. The van der Waals surface area contributed by atoms with Gasteiger partial charge in [-0.05, 0) is 12.1 Å². The highest BCUT2D eigenvalue weighted by Crippen LogP contribution is 2.33. The first kappa shape index (κ1) is 19.3. The van der Waals surface area contributed by atoms with Gasteiger partial charge in [0, 0.05) is 12.1 Å².